The second kappa shape index (κ2) is 8.59. The van der Waals surface area contributed by atoms with Crippen molar-refractivity contribution in [3.8, 4) is 0 Å². The molecule has 8 nitrogen and oxygen atoms in total. The first kappa shape index (κ1) is 15.6. The van der Waals surface area contributed by atoms with E-state index in [1.165, 1.54) is 24.3 Å². The summed E-state index contributed by atoms with van der Waals surface area (Å²) in [7, 11) is 0. The van der Waals surface area contributed by atoms with Gasteiger partial charge in [-0.1, -0.05) is 12.8 Å². The zero-order chi connectivity index (χ0) is 14.8. The van der Waals surface area contributed by atoms with Gasteiger partial charge in [-0.15, -0.1) is 0 Å². The SMILES string of the molecule is O=C=NC(N=C=O)C1CCCCC1C(N=C=O)N=C=O. The fraction of sp³-hybridized carbons (Fsp3) is 0.667. The second-order valence-corrected chi connectivity index (χ2v) is 4.32. The second-order valence-electron chi connectivity index (χ2n) is 4.32. The fourth-order valence-electron chi connectivity index (χ4n) is 2.59. The highest BCUT2D eigenvalue weighted by molar-refractivity contribution is 5.38. The molecule has 0 aromatic rings. The molecule has 0 heterocycles. The average Bonchev–Trinajstić information content (AvgIpc) is 2.47. The van der Waals surface area contributed by atoms with Crippen LogP contribution in [0.1, 0.15) is 25.7 Å². The number of hydrogen-bond acceptors (Lipinski definition) is 8. The molecule has 0 spiro atoms. The third kappa shape index (κ3) is 4.02. The van der Waals surface area contributed by atoms with Crippen LogP contribution in [0, 0.1) is 11.8 Å². The molecule has 20 heavy (non-hydrogen) atoms. The van der Waals surface area contributed by atoms with Gasteiger partial charge in [0.15, 0.2) is 12.3 Å². The van der Waals surface area contributed by atoms with E-state index in [1.807, 2.05) is 0 Å². The highest BCUT2D eigenvalue weighted by Gasteiger charge is 2.37. The van der Waals surface area contributed by atoms with Gasteiger partial charge in [0.25, 0.3) is 0 Å². The van der Waals surface area contributed by atoms with E-state index in [0.717, 1.165) is 12.8 Å². The molecule has 104 valence electrons. The molecule has 0 bridgehead atoms. The number of rotatable bonds is 6. The normalized spacial score (nSPS) is 23.8. The standard InChI is InChI=1S/C12H12N4O4/c17-5-13-11(14-6-18)9-3-1-2-4-10(9)12(15-7-19)16-8-20/h9-12H,1-4H2. The van der Waals surface area contributed by atoms with E-state index < -0.39 is 12.3 Å². The summed E-state index contributed by atoms with van der Waals surface area (Å²) in [6.07, 6.45) is 6.49. The molecule has 0 aliphatic heterocycles. The number of hydrogen-bond donors (Lipinski definition) is 0. The van der Waals surface area contributed by atoms with Crippen LogP contribution in [0.15, 0.2) is 20.0 Å². The Bertz CT molecular complexity index is 440. The monoisotopic (exact) mass is 276 g/mol. The van der Waals surface area contributed by atoms with E-state index in [4.69, 9.17) is 0 Å². The summed E-state index contributed by atoms with van der Waals surface area (Å²) in [6.45, 7) is 0. The summed E-state index contributed by atoms with van der Waals surface area (Å²) in [5.41, 5.74) is 0. The highest BCUT2D eigenvalue weighted by atomic mass is 16.1. The third-order valence-corrected chi connectivity index (χ3v) is 3.38. The number of isocyanates is 4. The molecule has 2 atom stereocenters. The molecule has 0 saturated heterocycles. The summed E-state index contributed by atoms with van der Waals surface area (Å²) in [5.74, 6) is -0.684. The summed E-state index contributed by atoms with van der Waals surface area (Å²) in [4.78, 5) is 55.5. The fourth-order valence-corrected chi connectivity index (χ4v) is 2.59. The molecule has 8 heteroatoms. The molecule has 1 saturated carbocycles. The molecule has 1 rings (SSSR count). The minimum atomic E-state index is -0.943. The molecule has 0 N–H and O–H groups in total. The van der Waals surface area contributed by atoms with Crippen molar-refractivity contribution in [1.82, 2.24) is 0 Å². The largest absolute Gasteiger partial charge is 0.237 e. The van der Waals surface area contributed by atoms with Gasteiger partial charge in [-0.05, 0) is 12.8 Å². The predicted octanol–water partition coefficient (Wildman–Crippen LogP) is 0.788. The molecule has 2 unspecified atom stereocenters. The maximum absolute atomic E-state index is 10.4. The Labute approximate surface area is 114 Å². The van der Waals surface area contributed by atoms with E-state index in [9.17, 15) is 19.2 Å². The van der Waals surface area contributed by atoms with Gasteiger partial charge >= 0.3 is 0 Å². The van der Waals surface area contributed by atoms with E-state index in [-0.39, 0.29) is 11.8 Å². The molecule has 0 aromatic heterocycles. The van der Waals surface area contributed by atoms with Crippen molar-refractivity contribution in [3.05, 3.63) is 0 Å². The first-order chi connectivity index (χ1) is 9.78. The number of nitrogens with zero attached hydrogens (tertiary/aromatic N) is 4. The first-order valence-corrected chi connectivity index (χ1v) is 6.06. The van der Waals surface area contributed by atoms with Crippen LogP contribution >= 0.6 is 0 Å². The van der Waals surface area contributed by atoms with Gasteiger partial charge < -0.3 is 0 Å². The van der Waals surface area contributed by atoms with Crippen molar-refractivity contribution in [3.63, 3.8) is 0 Å². The van der Waals surface area contributed by atoms with Crippen molar-refractivity contribution in [2.45, 2.75) is 38.0 Å². The molecule has 0 radical (unpaired) electrons. The lowest BCUT2D eigenvalue weighted by Gasteiger charge is -2.33. The topological polar surface area (TPSA) is 118 Å². The lowest BCUT2D eigenvalue weighted by atomic mass is 9.76. The van der Waals surface area contributed by atoms with Crippen LogP contribution in [-0.4, -0.2) is 36.7 Å². The predicted molar refractivity (Wildman–Crippen MR) is 65.5 cm³/mol. The highest BCUT2D eigenvalue weighted by Crippen LogP contribution is 2.37. The quantitative estimate of drug-likeness (QED) is 0.526. The van der Waals surface area contributed by atoms with Crippen LogP contribution in [-0.2, 0) is 19.2 Å². The Balaban J connectivity index is 3.10. The van der Waals surface area contributed by atoms with Gasteiger partial charge in [0, 0.05) is 11.8 Å². The molecule has 1 aliphatic carbocycles. The lowest BCUT2D eigenvalue weighted by Crippen LogP contribution is -2.34. The summed E-state index contributed by atoms with van der Waals surface area (Å²) in [5, 5.41) is 0. The van der Waals surface area contributed by atoms with Crippen LogP contribution in [0.3, 0.4) is 0 Å². The minimum absolute atomic E-state index is 0.342. The van der Waals surface area contributed by atoms with E-state index in [1.54, 1.807) is 0 Å². The van der Waals surface area contributed by atoms with Crippen LogP contribution in [0.5, 0.6) is 0 Å². The minimum Gasteiger partial charge on any atom is -0.211 e. The van der Waals surface area contributed by atoms with Gasteiger partial charge in [0.05, 0.1) is 0 Å². The lowest BCUT2D eigenvalue weighted by molar-refractivity contribution is 0.178. The van der Waals surface area contributed by atoms with Gasteiger partial charge in [0.2, 0.25) is 24.3 Å². The Kier molecular flexibility index (Phi) is 6.69. The third-order valence-electron chi connectivity index (χ3n) is 3.38. The van der Waals surface area contributed by atoms with E-state index in [0.29, 0.717) is 12.8 Å². The Morgan fingerprint density at radius 2 is 0.950 bits per heavy atom. The van der Waals surface area contributed by atoms with Gasteiger partial charge in [-0.3, -0.25) is 0 Å². The summed E-state index contributed by atoms with van der Waals surface area (Å²) in [6, 6.07) is 0. The zero-order valence-electron chi connectivity index (χ0n) is 10.6. The summed E-state index contributed by atoms with van der Waals surface area (Å²) >= 11 is 0. The molecular formula is C12H12N4O4. The van der Waals surface area contributed by atoms with Crippen molar-refractivity contribution in [2.75, 3.05) is 0 Å². The molecule has 1 fully saturated rings. The van der Waals surface area contributed by atoms with Gasteiger partial charge in [-0.2, -0.15) is 20.0 Å². The van der Waals surface area contributed by atoms with E-state index in [2.05, 4.69) is 20.0 Å². The molecular weight excluding hydrogens is 264 g/mol. The van der Waals surface area contributed by atoms with Gasteiger partial charge in [-0.25, -0.2) is 19.2 Å². The van der Waals surface area contributed by atoms with E-state index >= 15 is 0 Å². The molecule has 0 aromatic carbocycles. The summed E-state index contributed by atoms with van der Waals surface area (Å²) < 4.78 is 0. The van der Waals surface area contributed by atoms with Gasteiger partial charge in [0.1, 0.15) is 0 Å². The number of aliphatic imine (C=N–C) groups is 4. The molecule has 0 amide bonds. The van der Waals surface area contributed by atoms with Crippen molar-refractivity contribution >= 4 is 24.3 Å². The van der Waals surface area contributed by atoms with Crippen LogP contribution < -0.4 is 0 Å². The van der Waals surface area contributed by atoms with Crippen molar-refractivity contribution in [2.24, 2.45) is 31.8 Å². The van der Waals surface area contributed by atoms with Crippen molar-refractivity contribution in [1.29, 1.82) is 0 Å². The Hall–Kier alpha value is -2.48. The van der Waals surface area contributed by atoms with Crippen LogP contribution in [0.4, 0.5) is 0 Å². The maximum Gasteiger partial charge on any atom is 0.237 e. The zero-order valence-corrected chi connectivity index (χ0v) is 10.6. The van der Waals surface area contributed by atoms with Crippen LogP contribution in [0.25, 0.3) is 0 Å². The molecule has 1 aliphatic rings. The van der Waals surface area contributed by atoms with Crippen LogP contribution in [0.2, 0.25) is 0 Å². The maximum atomic E-state index is 10.4. The Morgan fingerprint density at radius 3 is 1.20 bits per heavy atom. The smallest absolute Gasteiger partial charge is 0.211 e. The average molecular weight is 276 g/mol. The first-order valence-electron chi connectivity index (χ1n) is 6.06. The Morgan fingerprint density at radius 1 is 0.650 bits per heavy atom. The van der Waals surface area contributed by atoms with Crippen molar-refractivity contribution < 1.29 is 19.2 Å². The number of carbonyl (C=O) groups excluding carboxylic acids is 4.